The molecule has 66 heavy (non-hydrogen) atoms. The molecule has 0 radical (unpaired) electrons. The van der Waals surface area contributed by atoms with Crippen LogP contribution in [0.1, 0.15) is 63.9 Å². The van der Waals surface area contributed by atoms with Gasteiger partial charge >= 0.3 is 0 Å². The number of nitrogens with one attached hydrogen (secondary N) is 2. The summed E-state index contributed by atoms with van der Waals surface area (Å²) in [6.07, 6.45) is 0. The highest BCUT2D eigenvalue weighted by molar-refractivity contribution is 7.15. The summed E-state index contributed by atoms with van der Waals surface area (Å²) in [5, 5.41) is 18.2. The third-order valence-electron chi connectivity index (χ3n) is 11.1. The number of ether oxygens (including phenoxy) is 4. The second kappa shape index (κ2) is 20.7. The van der Waals surface area contributed by atoms with Crippen molar-refractivity contribution in [3.63, 3.8) is 0 Å². The first-order chi connectivity index (χ1) is 31.8. The van der Waals surface area contributed by atoms with Crippen molar-refractivity contribution in [1.29, 1.82) is 0 Å². The van der Waals surface area contributed by atoms with Crippen molar-refractivity contribution in [3.8, 4) is 44.6 Å². The number of carbonyl (C=O) groups excluding carboxylic acids is 1. The molecule has 0 saturated heterocycles. The summed E-state index contributed by atoms with van der Waals surface area (Å²) >= 11 is 1.60. The van der Waals surface area contributed by atoms with E-state index in [1.165, 1.54) is 0 Å². The first-order valence-corrected chi connectivity index (χ1v) is 22.2. The molecule has 3 aromatic heterocycles. The molecule has 3 N–H and O–H groups in total. The Balaban J connectivity index is 0.000000198. The number of fused-ring (bicyclic) bond motifs is 2. The van der Waals surface area contributed by atoms with Gasteiger partial charge < -0.3 is 39.6 Å². The lowest BCUT2D eigenvalue weighted by Crippen LogP contribution is -2.21. The molecule has 2 atom stereocenters. The number of hydrogen-bond donors (Lipinski definition) is 3. The number of aromatic nitrogens is 4. The zero-order chi connectivity index (χ0) is 47.1. The van der Waals surface area contributed by atoms with E-state index in [0.29, 0.717) is 40.2 Å². The normalized spacial score (nSPS) is 11.9. The van der Waals surface area contributed by atoms with Crippen molar-refractivity contribution >= 4 is 50.7 Å². The molecule has 0 aliphatic heterocycles. The highest BCUT2D eigenvalue weighted by Crippen LogP contribution is 2.38. The number of nitrogens with zero attached hydrogens (tertiary/aromatic N) is 5. The summed E-state index contributed by atoms with van der Waals surface area (Å²) < 4.78 is 21.8. The van der Waals surface area contributed by atoms with Crippen LogP contribution in [-0.2, 0) is 6.61 Å². The van der Waals surface area contributed by atoms with Crippen LogP contribution in [0.25, 0.3) is 43.4 Å². The third kappa shape index (κ3) is 10.5. The fourth-order valence-corrected chi connectivity index (χ4v) is 8.46. The summed E-state index contributed by atoms with van der Waals surface area (Å²) in [5.41, 5.74) is 7.64. The minimum absolute atomic E-state index is 0.0165. The molecule has 0 aliphatic rings. The fourth-order valence-electron chi connectivity index (χ4n) is 7.60. The third-order valence-corrected chi connectivity index (χ3v) is 12.2. The summed E-state index contributed by atoms with van der Waals surface area (Å²) in [6, 6.07) is 35.9. The number of methoxy groups -OCH3 is 4. The van der Waals surface area contributed by atoms with Crippen LogP contribution in [-0.4, -0.2) is 78.4 Å². The Hall–Kier alpha value is -7.29. The maximum Gasteiger partial charge on any atom is 0.253 e. The van der Waals surface area contributed by atoms with E-state index in [4.69, 9.17) is 18.9 Å². The molecule has 0 aliphatic carbocycles. The molecule has 0 saturated carbocycles. The smallest absolute Gasteiger partial charge is 0.253 e. The van der Waals surface area contributed by atoms with Crippen molar-refractivity contribution in [3.05, 3.63) is 142 Å². The van der Waals surface area contributed by atoms with E-state index in [1.54, 1.807) is 58.8 Å². The second-order valence-electron chi connectivity index (χ2n) is 15.9. The van der Waals surface area contributed by atoms with Crippen molar-refractivity contribution in [2.75, 3.05) is 53.2 Å². The van der Waals surface area contributed by atoms with Gasteiger partial charge in [-0.2, -0.15) is 0 Å². The molecule has 13 nitrogen and oxygen atoms in total. The zero-order valence-electron chi connectivity index (χ0n) is 38.9. The lowest BCUT2D eigenvalue weighted by Gasteiger charge is -2.19. The van der Waals surface area contributed by atoms with Crippen LogP contribution < -0.4 is 29.6 Å². The maximum atomic E-state index is 12.4. The summed E-state index contributed by atoms with van der Waals surface area (Å²) in [4.78, 5) is 34.5. The molecule has 3 heterocycles. The topological polar surface area (TPSA) is 153 Å². The summed E-state index contributed by atoms with van der Waals surface area (Å²) in [7, 11) is 9.97. The Kier molecular flexibility index (Phi) is 14.6. The van der Waals surface area contributed by atoms with E-state index in [0.717, 1.165) is 71.0 Å². The minimum Gasteiger partial charge on any atom is -0.493 e. The van der Waals surface area contributed by atoms with Gasteiger partial charge in [-0.3, -0.25) is 4.79 Å². The second-order valence-corrected chi connectivity index (χ2v) is 17.0. The first-order valence-electron chi connectivity index (χ1n) is 21.4. The van der Waals surface area contributed by atoms with Crippen LogP contribution >= 0.6 is 11.3 Å². The Morgan fingerprint density at radius 3 is 1.53 bits per heavy atom. The number of aliphatic hydroxyl groups is 1. The number of anilines is 2. The Labute approximate surface area is 389 Å². The van der Waals surface area contributed by atoms with Crippen LogP contribution in [0.2, 0.25) is 0 Å². The van der Waals surface area contributed by atoms with Crippen LogP contribution in [0.15, 0.2) is 109 Å². The minimum atomic E-state index is -0.0351. The van der Waals surface area contributed by atoms with Crippen molar-refractivity contribution in [1.82, 2.24) is 24.8 Å². The number of aliphatic hydroxyl groups excluding tert-OH is 1. The van der Waals surface area contributed by atoms with Crippen molar-refractivity contribution in [2.24, 2.45) is 0 Å². The average Bonchev–Trinajstić information content (AvgIpc) is 3.83. The van der Waals surface area contributed by atoms with E-state index < -0.39 is 0 Å². The molecule has 1 amide bonds. The van der Waals surface area contributed by atoms with Crippen molar-refractivity contribution < 1.29 is 28.8 Å². The quantitative estimate of drug-likeness (QED) is 0.0952. The van der Waals surface area contributed by atoms with E-state index in [1.807, 2.05) is 80.6 Å². The Morgan fingerprint density at radius 1 is 0.606 bits per heavy atom. The van der Waals surface area contributed by atoms with Crippen LogP contribution in [0.3, 0.4) is 0 Å². The number of aryl methyl sites for hydroxylation is 2. The zero-order valence-corrected chi connectivity index (χ0v) is 39.7. The predicted octanol–water partition coefficient (Wildman–Crippen LogP) is 10.8. The standard InChI is InChI=1S/C28H30N4O3.C24H25N3O3S/c1-17(29-27-23-15-25(34-5)26(35-6)16-24(23)30-18(2)31-27)19-9-7-10-20(13-19)21-11-8-12-22(14-21)28(33)32(3)4;1-14(16-6-5-7-17(10-16)23-9-8-18(13-28)31-23)25-24-19-11-21(29-3)22(30-4)12-20(19)26-15(2)27-24/h7-17H,1-6H3,(H,29,30,31);5-12,14,28H,13H2,1-4H3,(H,25,26,27). The predicted molar refractivity (Wildman–Crippen MR) is 264 cm³/mol. The lowest BCUT2D eigenvalue weighted by atomic mass is 9.98. The van der Waals surface area contributed by atoms with Gasteiger partial charge in [0.25, 0.3) is 5.91 Å². The van der Waals surface area contributed by atoms with Crippen LogP contribution in [0.4, 0.5) is 11.6 Å². The fraction of sp³-hybridized carbons (Fsp3) is 0.250. The molecular formula is C52H55N7O6S. The lowest BCUT2D eigenvalue weighted by molar-refractivity contribution is 0.0827. The molecule has 2 unspecified atom stereocenters. The molecule has 0 spiro atoms. The number of hydrogen-bond acceptors (Lipinski definition) is 13. The van der Waals surface area contributed by atoms with Gasteiger partial charge in [0.05, 0.1) is 46.1 Å². The molecular weight excluding hydrogens is 851 g/mol. The van der Waals surface area contributed by atoms with E-state index >= 15 is 0 Å². The molecule has 8 aromatic rings. The number of rotatable bonds is 14. The number of thiophene rings is 1. The number of amides is 1. The molecule has 8 rings (SSSR count). The highest BCUT2D eigenvalue weighted by Gasteiger charge is 2.18. The van der Waals surface area contributed by atoms with Gasteiger partial charge in [-0.1, -0.05) is 48.5 Å². The van der Waals surface area contributed by atoms with Crippen LogP contribution in [0.5, 0.6) is 23.0 Å². The summed E-state index contributed by atoms with van der Waals surface area (Å²) in [6.45, 7) is 8.01. The SMILES string of the molecule is COc1cc2nc(C)nc(NC(C)c3cccc(-c4ccc(CO)s4)c3)c2cc1OC.COc1cc2nc(C)nc(NC(C)c3cccc(-c4cccc(C(=O)N(C)C)c4)c3)c2cc1OC. The molecule has 5 aromatic carbocycles. The van der Waals surface area contributed by atoms with Gasteiger partial charge in [-0.25, -0.2) is 19.9 Å². The molecule has 14 heteroatoms. The van der Waals surface area contributed by atoms with Gasteiger partial charge in [0, 0.05) is 64.4 Å². The average molecular weight is 906 g/mol. The van der Waals surface area contributed by atoms with E-state index in [9.17, 15) is 9.90 Å². The first kappa shape index (κ1) is 46.7. The van der Waals surface area contributed by atoms with Crippen molar-refractivity contribution in [2.45, 2.75) is 46.4 Å². The maximum absolute atomic E-state index is 12.4. The Bertz CT molecular complexity index is 3010. The van der Waals surface area contributed by atoms with Gasteiger partial charge in [0.15, 0.2) is 23.0 Å². The summed E-state index contributed by atoms with van der Waals surface area (Å²) in [5.74, 6) is 5.32. The van der Waals surface area contributed by atoms with Gasteiger partial charge in [-0.05, 0) is 104 Å². The molecule has 0 fully saturated rings. The monoisotopic (exact) mass is 905 g/mol. The van der Waals surface area contributed by atoms with E-state index in [2.05, 4.69) is 86.9 Å². The molecule has 0 bridgehead atoms. The van der Waals surface area contributed by atoms with Crippen LogP contribution in [0, 0.1) is 13.8 Å². The van der Waals surface area contributed by atoms with E-state index in [-0.39, 0.29) is 24.6 Å². The number of carbonyl (C=O) groups is 1. The largest absolute Gasteiger partial charge is 0.493 e. The number of benzene rings is 5. The van der Waals surface area contributed by atoms with Gasteiger partial charge in [0.2, 0.25) is 0 Å². The van der Waals surface area contributed by atoms with Gasteiger partial charge in [-0.15, -0.1) is 11.3 Å². The van der Waals surface area contributed by atoms with Gasteiger partial charge in [0.1, 0.15) is 23.3 Å². The Morgan fingerprint density at radius 2 is 1.06 bits per heavy atom. The molecule has 340 valence electrons. The highest BCUT2D eigenvalue weighted by atomic mass is 32.1.